The number of rotatable bonds is 6. The summed E-state index contributed by atoms with van der Waals surface area (Å²) in [5.74, 6) is -0.0129. The summed E-state index contributed by atoms with van der Waals surface area (Å²) in [6, 6.07) is 1.62. The Morgan fingerprint density at radius 2 is 2.17 bits per heavy atom. The zero-order valence-electron chi connectivity index (χ0n) is 13.9. The van der Waals surface area contributed by atoms with Crippen LogP contribution in [0, 0.1) is 5.92 Å². The van der Waals surface area contributed by atoms with Crippen LogP contribution in [0.4, 0.5) is 4.79 Å². The number of thiophene rings is 1. The third-order valence-corrected chi connectivity index (χ3v) is 4.90. The van der Waals surface area contributed by atoms with E-state index in [1.807, 2.05) is 24.4 Å². The lowest BCUT2D eigenvalue weighted by Crippen LogP contribution is -2.49. The first-order valence-corrected chi connectivity index (χ1v) is 8.90. The van der Waals surface area contributed by atoms with Crippen LogP contribution in [0.15, 0.2) is 16.8 Å². The summed E-state index contributed by atoms with van der Waals surface area (Å²) in [5.41, 5.74) is 6.53. The van der Waals surface area contributed by atoms with Crippen molar-refractivity contribution in [1.29, 1.82) is 0 Å². The van der Waals surface area contributed by atoms with Gasteiger partial charge in [0, 0.05) is 32.7 Å². The molecule has 1 aromatic rings. The maximum Gasteiger partial charge on any atom is 0.314 e. The Balaban J connectivity index is 2.03. The van der Waals surface area contributed by atoms with Gasteiger partial charge >= 0.3 is 6.03 Å². The van der Waals surface area contributed by atoms with E-state index >= 15 is 0 Å². The number of urea groups is 1. The number of nitrogens with zero attached hydrogens (tertiary/aromatic N) is 3. The van der Waals surface area contributed by atoms with Crippen LogP contribution in [-0.2, 0) is 11.3 Å². The Kier molecular flexibility index (Phi) is 6.41. The monoisotopic (exact) mass is 338 g/mol. The van der Waals surface area contributed by atoms with E-state index in [0.717, 1.165) is 24.9 Å². The van der Waals surface area contributed by atoms with Gasteiger partial charge in [-0.3, -0.25) is 4.79 Å². The first-order valence-electron chi connectivity index (χ1n) is 7.96. The van der Waals surface area contributed by atoms with Crippen molar-refractivity contribution in [3.63, 3.8) is 0 Å². The van der Waals surface area contributed by atoms with E-state index in [-0.39, 0.29) is 11.8 Å². The number of nitrogens with two attached hydrogens (primary N) is 1. The van der Waals surface area contributed by atoms with E-state index in [9.17, 15) is 9.59 Å². The highest BCUT2D eigenvalue weighted by Crippen LogP contribution is 2.20. The molecular formula is C16H26N4O2S. The van der Waals surface area contributed by atoms with Gasteiger partial charge in [0.2, 0.25) is 5.91 Å². The normalized spacial score (nSPS) is 18.2. The SMILES string of the molecule is CN(C)CCN(Cc1ccsc1)C(=O)C1CCCN(C(N)=O)C1. The predicted octanol–water partition coefficient (Wildman–Crippen LogP) is 1.43. The molecular weight excluding hydrogens is 312 g/mol. The van der Waals surface area contributed by atoms with Gasteiger partial charge in [-0.25, -0.2) is 4.79 Å². The molecule has 2 rings (SSSR count). The molecule has 23 heavy (non-hydrogen) atoms. The summed E-state index contributed by atoms with van der Waals surface area (Å²) < 4.78 is 0. The smallest absolute Gasteiger partial charge is 0.314 e. The van der Waals surface area contributed by atoms with E-state index in [0.29, 0.717) is 26.2 Å². The molecule has 2 N–H and O–H groups in total. The standard InChI is InChI=1S/C16H26N4O2S/c1-18(2)7-8-19(10-13-5-9-23-12-13)15(21)14-4-3-6-20(11-14)16(17)22/h5,9,12,14H,3-4,6-8,10-11H2,1-2H3,(H2,17,22). The van der Waals surface area contributed by atoms with Gasteiger partial charge < -0.3 is 20.4 Å². The first kappa shape index (κ1) is 17.7. The van der Waals surface area contributed by atoms with Crippen molar-refractivity contribution in [3.8, 4) is 0 Å². The fourth-order valence-corrected chi connectivity index (χ4v) is 3.49. The van der Waals surface area contributed by atoms with Gasteiger partial charge in [-0.15, -0.1) is 0 Å². The molecule has 0 aliphatic carbocycles. The zero-order chi connectivity index (χ0) is 16.8. The van der Waals surface area contributed by atoms with Crippen LogP contribution < -0.4 is 5.73 Å². The van der Waals surface area contributed by atoms with Gasteiger partial charge in [-0.1, -0.05) is 0 Å². The molecule has 128 valence electrons. The quantitative estimate of drug-likeness (QED) is 0.853. The van der Waals surface area contributed by atoms with Crippen LogP contribution in [-0.4, -0.2) is 66.9 Å². The molecule has 0 saturated carbocycles. The van der Waals surface area contributed by atoms with Crippen molar-refractivity contribution < 1.29 is 9.59 Å². The minimum Gasteiger partial charge on any atom is -0.351 e. The predicted molar refractivity (Wildman–Crippen MR) is 92.2 cm³/mol. The maximum absolute atomic E-state index is 12.9. The molecule has 0 bridgehead atoms. The topological polar surface area (TPSA) is 69.9 Å². The van der Waals surface area contributed by atoms with E-state index in [1.165, 1.54) is 0 Å². The van der Waals surface area contributed by atoms with Crippen molar-refractivity contribution in [2.24, 2.45) is 11.7 Å². The first-order chi connectivity index (χ1) is 11.0. The number of amides is 3. The Morgan fingerprint density at radius 1 is 1.39 bits per heavy atom. The molecule has 0 spiro atoms. The summed E-state index contributed by atoms with van der Waals surface area (Å²) >= 11 is 1.64. The molecule has 1 aliphatic rings. The van der Waals surface area contributed by atoms with Crippen LogP contribution in [0.2, 0.25) is 0 Å². The van der Waals surface area contributed by atoms with Crippen LogP contribution in [0.3, 0.4) is 0 Å². The second-order valence-electron chi connectivity index (χ2n) is 6.32. The second-order valence-corrected chi connectivity index (χ2v) is 7.10. The largest absolute Gasteiger partial charge is 0.351 e. The lowest BCUT2D eigenvalue weighted by atomic mass is 9.96. The lowest BCUT2D eigenvalue weighted by molar-refractivity contribution is -0.137. The van der Waals surface area contributed by atoms with E-state index in [4.69, 9.17) is 5.73 Å². The highest BCUT2D eigenvalue weighted by Gasteiger charge is 2.30. The lowest BCUT2D eigenvalue weighted by Gasteiger charge is -2.34. The van der Waals surface area contributed by atoms with E-state index < -0.39 is 6.03 Å². The highest BCUT2D eigenvalue weighted by atomic mass is 32.1. The van der Waals surface area contributed by atoms with Crippen molar-refractivity contribution in [2.75, 3.05) is 40.3 Å². The average Bonchev–Trinajstić information content (AvgIpc) is 3.03. The Morgan fingerprint density at radius 3 is 2.78 bits per heavy atom. The van der Waals surface area contributed by atoms with Gasteiger partial charge in [0.25, 0.3) is 0 Å². The molecule has 0 aromatic carbocycles. The molecule has 3 amide bonds. The number of primary amides is 1. The number of likely N-dealkylation sites (N-methyl/N-ethyl adjacent to an activating group) is 1. The van der Waals surface area contributed by atoms with E-state index in [1.54, 1.807) is 16.2 Å². The number of likely N-dealkylation sites (tertiary alicyclic amines) is 1. The molecule has 1 aliphatic heterocycles. The maximum atomic E-state index is 12.9. The summed E-state index contributed by atoms with van der Waals surface area (Å²) in [6.07, 6.45) is 1.66. The van der Waals surface area contributed by atoms with Gasteiger partial charge in [-0.2, -0.15) is 11.3 Å². The third kappa shape index (κ3) is 5.21. The fraction of sp³-hybridized carbons (Fsp3) is 0.625. The number of piperidine rings is 1. The van der Waals surface area contributed by atoms with Crippen LogP contribution >= 0.6 is 11.3 Å². The van der Waals surface area contributed by atoms with Gasteiger partial charge in [-0.05, 0) is 49.3 Å². The van der Waals surface area contributed by atoms with Crippen molar-refractivity contribution in [2.45, 2.75) is 19.4 Å². The molecule has 6 nitrogen and oxygen atoms in total. The van der Waals surface area contributed by atoms with E-state index in [2.05, 4.69) is 16.3 Å². The second kappa shape index (κ2) is 8.31. The zero-order valence-corrected chi connectivity index (χ0v) is 14.7. The van der Waals surface area contributed by atoms with Crippen molar-refractivity contribution in [1.82, 2.24) is 14.7 Å². The Bertz CT molecular complexity index is 518. The summed E-state index contributed by atoms with van der Waals surface area (Å²) in [5, 5.41) is 4.10. The van der Waals surface area contributed by atoms with Gasteiger partial charge in [0.1, 0.15) is 0 Å². The minimum absolute atomic E-state index is 0.129. The molecule has 1 atom stereocenters. The summed E-state index contributed by atoms with van der Waals surface area (Å²) in [6.45, 7) is 3.23. The fourth-order valence-electron chi connectivity index (χ4n) is 2.83. The molecule has 7 heteroatoms. The summed E-state index contributed by atoms with van der Waals surface area (Å²) in [4.78, 5) is 29.9. The average molecular weight is 338 g/mol. The highest BCUT2D eigenvalue weighted by molar-refractivity contribution is 7.07. The molecule has 2 heterocycles. The number of hydrogen-bond acceptors (Lipinski definition) is 4. The molecule has 1 aromatic heterocycles. The summed E-state index contributed by atoms with van der Waals surface area (Å²) in [7, 11) is 4.01. The number of carbonyl (C=O) groups excluding carboxylic acids is 2. The molecule has 1 unspecified atom stereocenters. The van der Waals surface area contributed by atoms with Crippen LogP contribution in [0.25, 0.3) is 0 Å². The third-order valence-electron chi connectivity index (χ3n) is 4.16. The van der Waals surface area contributed by atoms with Crippen molar-refractivity contribution in [3.05, 3.63) is 22.4 Å². The number of hydrogen-bond donors (Lipinski definition) is 1. The van der Waals surface area contributed by atoms with Gasteiger partial charge in [0.05, 0.1) is 5.92 Å². The Labute approximate surface area is 141 Å². The minimum atomic E-state index is -0.430. The Hall–Kier alpha value is -1.60. The van der Waals surface area contributed by atoms with Crippen LogP contribution in [0.5, 0.6) is 0 Å². The van der Waals surface area contributed by atoms with Crippen molar-refractivity contribution >= 4 is 23.3 Å². The molecule has 1 fully saturated rings. The molecule has 1 saturated heterocycles. The number of carbonyl (C=O) groups is 2. The molecule has 0 radical (unpaired) electrons. The van der Waals surface area contributed by atoms with Crippen LogP contribution in [0.1, 0.15) is 18.4 Å². The van der Waals surface area contributed by atoms with Gasteiger partial charge in [0.15, 0.2) is 0 Å².